The molecule has 4 heteroatoms. The number of hydrogen-bond donors (Lipinski definition) is 1. The molecular formula is C19H24N2O2. The summed E-state index contributed by atoms with van der Waals surface area (Å²) < 4.78 is 5.12. The second-order valence-corrected chi connectivity index (χ2v) is 6.50. The molecule has 0 saturated heterocycles. The number of nitrogens with one attached hydrogen (secondary N) is 1. The Morgan fingerprint density at radius 2 is 2.00 bits per heavy atom. The highest BCUT2D eigenvalue weighted by Crippen LogP contribution is 2.25. The highest BCUT2D eigenvalue weighted by molar-refractivity contribution is 5.79. The molecule has 4 nitrogen and oxygen atoms in total. The van der Waals surface area contributed by atoms with Crippen molar-refractivity contribution in [1.29, 1.82) is 0 Å². The van der Waals surface area contributed by atoms with E-state index >= 15 is 0 Å². The van der Waals surface area contributed by atoms with Crippen molar-refractivity contribution in [3.05, 3.63) is 51.9 Å². The minimum atomic E-state index is 0.00428. The molecule has 2 aromatic rings. The van der Waals surface area contributed by atoms with Gasteiger partial charge in [0.05, 0.1) is 18.2 Å². The molecule has 1 N–H and O–H groups in total. The number of carbonyl (C=O) groups is 1. The fourth-order valence-electron chi connectivity index (χ4n) is 3.31. The summed E-state index contributed by atoms with van der Waals surface area (Å²) in [6.45, 7) is 5.75. The van der Waals surface area contributed by atoms with Gasteiger partial charge in [-0.3, -0.25) is 4.79 Å². The summed E-state index contributed by atoms with van der Waals surface area (Å²) in [7, 11) is 0. The summed E-state index contributed by atoms with van der Waals surface area (Å²) in [6, 6.07) is 6.64. The number of aromatic nitrogens is 1. The zero-order valence-corrected chi connectivity index (χ0v) is 14.1. The maximum Gasteiger partial charge on any atom is 0.225 e. The second-order valence-electron chi connectivity index (χ2n) is 6.50. The lowest BCUT2D eigenvalue weighted by Gasteiger charge is -2.20. The SMILES string of the molecule is Cc1noc(C)c1CC(=O)N[C@H](C)c1ccc2c(c1)CCCC2. The largest absolute Gasteiger partial charge is 0.361 e. The van der Waals surface area contributed by atoms with E-state index in [1.165, 1.54) is 36.0 Å². The number of fused-ring (bicyclic) bond motifs is 1. The lowest BCUT2D eigenvalue weighted by atomic mass is 9.89. The number of benzene rings is 1. The predicted octanol–water partition coefficient (Wildman–Crippen LogP) is 3.59. The van der Waals surface area contributed by atoms with Crippen molar-refractivity contribution in [3.8, 4) is 0 Å². The van der Waals surface area contributed by atoms with Gasteiger partial charge in [0.15, 0.2) is 0 Å². The van der Waals surface area contributed by atoms with E-state index in [-0.39, 0.29) is 11.9 Å². The quantitative estimate of drug-likeness (QED) is 0.938. The van der Waals surface area contributed by atoms with Crippen LogP contribution in [-0.4, -0.2) is 11.1 Å². The van der Waals surface area contributed by atoms with Crippen molar-refractivity contribution >= 4 is 5.91 Å². The molecule has 0 saturated carbocycles. The summed E-state index contributed by atoms with van der Waals surface area (Å²) >= 11 is 0. The smallest absolute Gasteiger partial charge is 0.225 e. The zero-order chi connectivity index (χ0) is 16.4. The normalized spacial score (nSPS) is 15.1. The molecule has 1 aromatic carbocycles. The van der Waals surface area contributed by atoms with Gasteiger partial charge in [-0.05, 0) is 63.1 Å². The summed E-state index contributed by atoms with van der Waals surface area (Å²) in [5, 5.41) is 6.99. The third kappa shape index (κ3) is 3.46. The molecule has 0 bridgehead atoms. The van der Waals surface area contributed by atoms with Gasteiger partial charge in [-0.1, -0.05) is 23.4 Å². The molecule has 1 atom stereocenters. The second kappa shape index (κ2) is 6.57. The summed E-state index contributed by atoms with van der Waals surface area (Å²) in [4.78, 5) is 12.3. The van der Waals surface area contributed by atoms with Crippen LogP contribution in [0, 0.1) is 13.8 Å². The van der Waals surface area contributed by atoms with E-state index < -0.39 is 0 Å². The van der Waals surface area contributed by atoms with E-state index in [0.29, 0.717) is 6.42 Å². The molecule has 3 rings (SSSR count). The molecule has 23 heavy (non-hydrogen) atoms. The van der Waals surface area contributed by atoms with Gasteiger partial charge < -0.3 is 9.84 Å². The Labute approximate surface area is 137 Å². The van der Waals surface area contributed by atoms with Crippen LogP contribution in [0.1, 0.15) is 59.5 Å². The topological polar surface area (TPSA) is 55.1 Å². The van der Waals surface area contributed by atoms with Crippen LogP contribution in [0.2, 0.25) is 0 Å². The van der Waals surface area contributed by atoms with Gasteiger partial charge in [-0.2, -0.15) is 0 Å². The number of rotatable bonds is 4. The lowest BCUT2D eigenvalue weighted by molar-refractivity contribution is -0.121. The first-order valence-electron chi connectivity index (χ1n) is 8.37. The Morgan fingerprint density at radius 1 is 1.26 bits per heavy atom. The summed E-state index contributed by atoms with van der Waals surface area (Å²) in [5.74, 6) is 0.726. The van der Waals surface area contributed by atoms with Crippen LogP contribution < -0.4 is 5.32 Å². The molecule has 0 unspecified atom stereocenters. The molecule has 0 spiro atoms. The van der Waals surface area contributed by atoms with Crippen LogP contribution in [0.5, 0.6) is 0 Å². The number of carbonyl (C=O) groups excluding carboxylic acids is 1. The Bertz CT molecular complexity index is 699. The van der Waals surface area contributed by atoms with Crippen molar-refractivity contribution in [2.24, 2.45) is 0 Å². The average Bonchev–Trinajstić information content (AvgIpc) is 2.86. The molecule has 1 aliphatic carbocycles. The van der Waals surface area contributed by atoms with Crippen molar-refractivity contribution in [2.45, 2.75) is 58.9 Å². The lowest BCUT2D eigenvalue weighted by Crippen LogP contribution is -2.28. The maximum absolute atomic E-state index is 12.3. The van der Waals surface area contributed by atoms with Crippen LogP contribution in [0.4, 0.5) is 0 Å². The van der Waals surface area contributed by atoms with Crippen LogP contribution in [0.15, 0.2) is 22.7 Å². The van der Waals surface area contributed by atoms with E-state index in [1.807, 2.05) is 20.8 Å². The molecule has 1 amide bonds. The number of hydrogen-bond acceptors (Lipinski definition) is 3. The van der Waals surface area contributed by atoms with Gasteiger partial charge in [-0.15, -0.1) is 0 Å². The van der Waals surface area contributed by atoms with Gasteiger partial charge in [0.2, 0.25) is 5.91 Å². The van der Waals surface area contributed by atoms with Gasteiger partial charge in [0.1, 0.15) is 5.76 Å². The van der Waals surface area contributed by atoms with Crippen LogP contribution in [-0.2, 0) is 24.1 Å². The van der Waals surface area contributed by atoms with Crippen molar-refractivity contribution in [2.75, 3.05) is 0 Å². The summed E-state index contributed by atoms with van der Waals surface area (Å²) in [5.41, 5.74) is 5.77. The molecule has 122 valence electrons. The van der Waals surface area contributed by atoms with Crippen molar-refractivity contribution < 1.29 is 9.32 Å². The molecule has 0 radical (unpaired) electrons. The minimum Gasteiger partial charge on any atom is -0.361 e. The number of amides is 1. The highest BCUT2D eigenvalue weighted by Gasteiger charge is 2.17. The fourth-order valence-corrected chi connectivity index (χ4v) is 3.31. The third-order valence-electron chi connectivity index (χ3n) is 4.77. The summed E-state index contributed by atoms with van der Waals surface area (Å²) in [6.07, 6.45) is 5.21. The first-order valence-corrected chi connectivity index (χ1v) is 8.37. The molecule has 1 heterocycles. The molecule has 0 aliphatic heterocycles. The van der Waals surface area contributed by atoms with E-state index in [4.69, 9.17) is 4.52 Å². The van der Waals surface area contributed by atoms with Crippen LogP contribution >= 0.6 is 0 Å². The van der Waals surface area contributed by atoms with Gasteiger partial charge >= 0.3 is 0 Å². The fraction of sp³-hybridized carbons (Fsp3) is 0.474. The molecule has 0 fully saturated rings. The Hall–Kier alpha value is -2.10. The first-order chi connectivity index (χ1) is 11.0. The Balaban J connectivity index is 1.66. The molecule has 1 aliphatic rings. The van der Waals surface area contributed by atoms with Crippen LogP contribution in [0.3, 0.4) is 0 Å². The van der Waals surface area contributed by atoms with Gasteiger partial charge in [-0.25, -0.2) is 0 Å². The molecule has 1 aromatic heterocycles. The average molecular weight is 312 g/mol. The standard InChI is InChI=1S/C19H24N2O2/c1-12(16-9-8-15-6-4-5-7-17(15)10-16)20-19(22)11-18-13(2)21-23-14(18)3/h8-10,12H,4-7,11H2,1-3H3,(H,20,22)/t12-/m1/s1. The number of aryl methyl sites for hydroxylation is 4. The van der Waals surface area contributed by atoms with Gasteiger partial charge in [0, 0.05) is 5.56 Å². The third-order valence-corrected chi connectivity index (χ3v) is 4.77. The number of nitrogens with zero attached hydrogens (tertiary/aromatic N) is 1. The van der Waals surface area contributed by atoms with Crippen molar-refractivity contribution in [3.63, 3.8) is 0 Å². The van der Waals surface area contributed by atoms with Crippen molar-refractivity contribution in [1.82, 2.24) is 10.5 Å². The van der Waals surface area contributed by atoms with Gasteiger partial charge in [0.25, 0.3) is 0 Å². The van der Waals surface area contributed by atoms with E-state index in [2.05, 4.69) is 28.7 Å². The minimum absolute atomic E-state index is 0.00428. The van der Waals surface area contributed by atoms with E-state index in [0.717, 1.165) is 23.4 Å². The molecular weight excluding hydrogens is 288 g/mol. The van der Waals surface area contributed by atoms with E-state index in [9.17, 15) is 4.79 Å². The predicted molar refractivity (Wildman–Crippen MR) is 89.3 cm³/mol. The maximum atomic E-state index is 12.3. The van der Waals surface area contributed by atoms with Crippen LogP contribution in [0.25, 0.3) is 0 Å². The Morgan fingerprint density at radius 3 is 2.70 bits per heavy atom. The Kier molecular flexibility index (Phi) is 4.51. The highest BCUT2D eigenvalue weighted by atomic mass is 16.5. The zero-order valence-electron chi connectivity index (χ0n) is 14.1. The first kappa shape index (κ1) is 15.8. The van der Waals surface area contributed by atoms with E-state index in [1.54, 1.807) is 0 Å². The monoisotopic (exact) mass is 312 g/mol.